The zero-order chi connectivity index (χ0) is 13.4. The van der Waals surface area contributed by atoms with Crippen LogP contribution in [0.4, 0.5) is 0 Å². The molecule has 0 spiro atoms. The fourth-order valence-electron chi connectivity index (χ4n) is 3.00. The molecule has 0 aliphatic heterocycles. The molecule has 0 aliphatic rings. The van der Waals surface area contributed by atoms with Crippen molar-refractivity contribution < 1.29 is 16.9 Å². The summed E-state index contributed by atoms with van der Waals surface area (Å²) < 4.78 is 14.1. The first-order valence-electron chi connectivity index (χ1n) is 5.83. The Labute approximate surface area is 104 Å². The maximum absolute atomic E-state index is 7.12. The Hall–Kier alpha value is 0.580. The molecule has 0 unspecified atom stereocenters. The molecule has 0 aromatic carbocycles. The van der Waals surface area contributed by atoms with Crippen LogP contribution in [0.3, 0.4) is 0 Å². The summed E-state index contributed by atoms with van der Waals surface area (Å²) >= 11 is -3.69. The molecule has 0 aromatic rings. The van der Waals surface area contributed by atoms with Crippen molar-refractivity contribution in [1.29, 1.82) is 0 Å². The van der Waals surface area contributed by atoms with Crippen molar-refractivity contribution in [3.63, 3.8) is 0 Å². The number of hydrogen-bond donors (Lipinski definition) is 1. The van der Waals surface area contributed by atoms with Crippen molar-refractivity contribution in [1.82, 2.24) is 9.91 Å². The van der Waals surface area contributed by atoms with Gasteiger partial charge in [0.15, 0.2) is 0 Å². The van der Waals surface area contributed by atoms with E-state index in [4.69, 9.17) is 4.14 Å². The predicted octanol–water partition coefficient (Wildman–Crippen LogP) is 1.59. The van der Waals surface area contributed by atoms with E-state index in [9.17, 15) is 0 Å². The third-order valence-electron chi connectivity index (χ3n) is 4.39. The van der Waals surface area contributed by atoms with Gasteiger partial charge in [-0.1, -0.05) is 0 Å². The van der Waals surface area contributed by atoms with Gasteiger partial charge in [-0.05, 0) is 0 Å². The fraction of sp³-hybridized carbons (Fsp3) is 1.00. The average molecular weight is 312 g/mol. The van der Waals surface area contributed by atoms with E-state index in [1.54, 1.807) is 0 Å². The molecule has 0 fully saturated rings. The van der Waals surface area contributed by atoms with Crippen LogP contribution in [0.25, 0.3) is 0 Å². The maximum atomic E-state index is 7.12. The number of nitrogens with zero attached hydrogens (tertiary/aromatic N) is 3. The van der Waals surface area contributed by atoms with Gasteiger partial charge in [-0.15, -0.1) is 0 Å². The van der Waals surface area contributed by atoms with Crippen LogP contribution in [-0.2, 0) is 16.9 Å². The zero-order valence-electron chi connectivity index (χ0n) is 12.6. The molecule has 0 radical (unpaired) electrons. The summed E-state index contributed by atoms with van der Waals surface area (Å²) in [5.74, 6) is 0. The Kier molecular flexibility index (Phi) is 4.86. The summed E-state index contributed by atoms with van der Waals surface area (Å²) in [6.07, 6.45) is 1.08. The average Bonchev–Trinajstić information content (AvgIpc) is 2.14. The minimum atomic E-state index is -3.69. The molecule has 0 atom stereocenters. The van der Waals surface area contributed by atoms with E-state index in [0.717, 1.165) is 6.42 Å². The number of nitrogens with two attached hydrogens (primary N) is 1. The molecule has 100 valence electrons. The van der Waals surface area contributed by atoms with Gasteiger partial charge in [0.2, 0.25) is 0 Å². The van der Waals surface area contributed by atoms with Crippen LogP contribution in [-0.4, -0.2) is 52.2 Å². The summed E-state index contributed by atoms with van der Waals surface area (Å²) in [5, 5.41) is 0. The summed E-state index contributed by atoms with van der Waals surface area (Å²) in [6, 6.07) is 0. The minimum absolute atomic E-state index is 0.115. The van der Waals surface area contributed by atoms with Crippen molar-refractivity contribution in [3.8, 4) is 0 Å². The Morgan fingerprint density at radius 3 is 1.19 bits per heavy atom. The first kappa shape index (κ1) is 16.6. The molecular formula is C11H31N4Nb. The van der Waals surface area contributed by atoms with Crippen LogP contribution in [0, 0.1) is 0 Å². The van der Waals surface area contributed by atoms with Gasteiger partial charge >= 0.3 is 104 Å². The van der Waals surface area contributed by atoms with E-state index in [2.05, 4.69) is 73.0 Å². The molecule has 0 saturated carbocycles. The predicted molar refractivity (Wildman–Crippen MR) is 69.6 cm³/mol. The Morgan fingerprint density at radius 1 is 0.875 bits per heavy atom. The van der Waals surface area contributed by atoms with Gasteiger partial charge in [0.05, 0.1) is 0 Å². The van der Waals surface area contributed by atoms with Gasteiger partial charge in [0.25, 0.3) is 0 Å². The molecule has 4 nitrogen and oxygen atoms in total. The Morgan fingerprint density at radius 2 is 1.12 bits per heavy atom. The van der Waals surface area contributed by atoms with E-state index < -0.39 is 16.9 Å². The second-order valence-corrected chi connectivity index (χ2v) is 19.8. The van der Waals surface area contributed by atoms with Crippen LogP contribution in [0.1, 0.15) is 27.2 Å². The fourth-order valence-corrected chi connectivity index (χ4v) is 17.8. The third-order valence-corrected chi connectivity index (χ3v) is 22.5. The van der Waals surface area contributed by atoms with Gasteiger partial charge in [-0.25, -0.2) is 0 Å². The second kappa shape index (κ2) is 4.69. The van der Waals surface area contributed by atoms with Gasteiger partial charge < -0.3 is 0 Å². The van der Waals surface area contributed by atoms with E-state index in [1.807, 2.05) is 0 Å². The quantitative estimate of drug-likeness (QED) is 0.782. The molecule has 0 aliphatic carbocycles. The second-order valence-electron chi connectivity index (χ2n) is 5.75. The third kappa shape index (κ3) is 1.72. The van der Waals surface area contributed by atoms with Gasteiger partial charge in [-0.2, -0.15) is 0 Å². The zero-order valence-corrected chi connectivity index (χ0v) is 14.8. The molecular weight excluding hydrogens is 281 g/mol. The SMILES string of the molecule is CC[C](C)(C)[Nb]([NH2])([N](C)C)([N](C)C)[N](C)C. The molecule has 16 heavy (non-hydrogen) atoms. The molecule has 0 bridgehead atoms. The standard InChI is InChI=1S/C5H11.3C2H6N.H2N.Nb/c1-4-5(2)3;3*1-3-2;;/h4H2,1-3H3;3*1-2H3;1H2;/q;4*-1;+4. The van der Waals surface area contributed by atoms with Gasteiger partial charge in [0, 0.05) is 0 Å². The summed E-state index contributed by atoms with van der Waals surface area (Å²) in [4.78, 5) is 0. The first-order valence-corrected chi connectivity index (χ1v) is 11.1. The van der Waals surface area contributed by atoms with Crippen molar-refractivity contribution in [2.45, 2.75) is 30.8 Å². The number of rotatable bonds is 5. The van der Waals surface area contributed by atoms with E-state index in [0.29, 0.717) is 0 Å². The number of hydrogen-bond acceptors (Lipinski definition) is 4. The van der Waals surface area contributed by atoms with Crippen LogP contribution < -0.4 is 4.14 Å². The normalized spacial score (nSPS) is 16.9. The molecule has 0 saturated heterocycles. The van der Waals surface area contributed by atoms with Crippen LogP contribution >= 0.6 is 0 Å². The molecule has 0 heterocycles. The first-order chi connectivity index (χ1) is 6.97. The monoisotopic (exact) mass is 312 g/mol. The van der Waals surface area contributed by atoms with Gasteiger partial charge in [0.1, 0.15) is 0 Å². The van der Waals surface area contributed by atoms with Gasteiger partial charge in [-0.3, -0.25) is 0 Å². The van der Waals surface area contributed by atoms with E-state index in [1.165, 1.54) is 0 Å². The van der Waals surface area contributed by atoms with Crippen LogP contribution in [0.15, 0.2) is 0 Å². The van der Waals surface area contributed by atoms with E-state index >= 15 is 0 Å². The molecule has 5 heteroatoms. The summed E-state index contributed by atoms with van der Waals surface area (Å²) in [7, 11) is 12.7. The Balaban J connectivity index is 6.06. The Bertz CT molecular complexity index is 224. The van der Waals surface area contributed by atoms with Crippen molar-refractivity contribution in [2.24, 2.45) is 4.14 Å². The van der Waals surface area contributed by atoms with Crippen LogP contribution in [0.5, 0.6) is 0 Å². The molecule has 0 aromatic heterocycles. The molecule has 0 rings (SSSR count). The van der Waals surface area contributed by atoms with Crippen molar-refractivity contribution >= 4 is 0 Å². The summed E-state index contributed by atoms with van der Waals surface area (Å²) in [6.45, 7) is 6.83. The summed E-state index contributed by atoms with van der Waals surface area (Å²) in [5.41, 5.74) is 0. The van der Waals surface area contributed by atoms with Crippen molar-refractivity contribution in [3.05, 3.63) is 0 Å². The topological polar surface area (TPSA) is 35.7 Å². The van der Waals surface area contributed by atoms with Crippen molar-refractivity contribution in [2.75, 3.05) is 42.3 Å². The molecule has 2 N–H and O–H groups in total. The van der Waals surface area contributed by atoms with Crippen LogP contribution in [0.2, 0.25) is 3.63 Å². The molecule has 0 amide bonds. The van der Waals surface area contributed by atoms with E-state index in [-0.39, 0.29) is 3.63 Å².